The second kappa shape index (κ2) is 12.9. The Balaban J connectivity index is 1.61. The van der Waals surface area contributed by atoms with Crippen LogP contribution in [0.25, 0.3) is 0 Å². The highest BCUT2D eigenvalue weighted by Crippen LogP contribution is 2.56. The van der Waals surface area contributed by atoms with Gasteiger partial charge in [0.15, 0.2) is 0 Å². The SMILES string of the molecule is CCCC(C)N1C/C=C\CCC(=O)N(C)[C@H](C)[C@@H](c2ccccc2)OC(=O)[C@@H]2[C@@H]3C=C[C@]4(O3)[C@H](C1=O)N([C@H](C)CO)C(=O)[C@@H]24. The molecule has 238 valence electrons. The summed E-state index contributed by atoms with van der Waals surface area (Å²) in [6.45, 7) is 7.53. The van der Waals surface area contributed by atoms with Crippen molar-refractivity contribution in [2.75, 3.05) is 20.2 Å². The normalized spacial score (nSPS) is 34.7. The molecule has 0 radical (unpaired) electrons. The number of hydrogen-bond acceptors (Lipinski definition) is 7. The molecule has 10 nitrogen and oxygen atoms in total. The van der Waals surface area contributed by atoms with Crippen LogP contribution in [0, 0.1) is 11.8 Å². The highest BCUT2D eigenvalue weighted by atomic mass is 16.6. The van der Waals surface area contributed by atoms with Crippen molar-refractivity contribution in [2.45, 2.75) is 95.4 Å². The van der Waals surface area contributed by atoms with Crippen LogP contribution in [0.15, 0.2) is 54.6 Å². The molecule has 9 atom stereocenters. The highest BCUT2D eigenvalue weighted by molar-refractivity contribution is 5.99. The largest absolute Gasteiger partial charge is 0.455 e. The number of rotatable bonds is 6. The molecule has 10 heteroatoms. The Morgan fingerprint density at radius 2 is 1.77 bits per heavy atom. The van der Waals surface area contributed by atoms with Crippen LogP contribution in [-0.4, -0.2) is 99.6 Å². The summed E-state index contributed by atoms with van der Waals surface area (Å²) in [5.41, 5.74) is -0.643. The molecule has 1 aromatic rings. The number of nitrogens with zero attached hydrogens (tertiary/aromatic N) is 3. The number of aliphatic hydroxyl groups is 1. The van der Waals surface area contributed by atoms with Crippen LogP contribution in [0.4, 0.5) is 0 Å². The summed E-state index contributed by atoms with van der Waals surface area (Å²) in [6.07, 6.45) is 8.14. The first kappa shape index (κ1) is 31.9. The minimum Gasteiger partial charge on any atom is -0.455 e. The number of carbonyl (C=O) groups is 4. The highest BCUT2D eigenvalue weighted by Gasteiger charge is 2.74. The van der Waals surface area contributed by atoms with Crippen molar-refractivity contribution in [1.29, 1.82) is 0 Å². The average molecular weight is 608 g/mol. The molecule has 4 aliphatic rings. The lowest BCUT2D eigenvalue weighted by molar-refractivity contribution is -0.164. The molecule has 44 heavy (non-hydrogen) atoms. The molecule has 1 unspecified atom stereocenters. The van der Waals surface area contributed by atoms with Crippen LogP contribution < -0.4 is 0 Å². The number of amides is 3. The third-order valence-corrected chi connectivity index (χ3v) is 9.89. The third-order valence-electron chi connectivity index (χ3n) is 9.89. The maximum Gasteiger partial charge on any atom is 0.313 e. The maximum atomic E-state index is 14.6. The van der Waals surface area contributed by atoms with Crippen LogP contribution in [0.1, 0.15) is 65.0 Å². The van der Waals surface area contributed by atoms with Gasteiger partial charge in [-0.3, -0.25) is 19.2 Å². The monoisotopic (exact) mass is 607 g/mol. The molecule has 1 N–H and O–H groups in total. The molecule has 5 bridgehead atoms. The van der Waals surface area contributed by atoms with Crippen molar-refractivity contribution in [2.24, 2.45) is 11.8 Å². The van der Waals surface area contributed by atoms with E-state index in [1.165, 1.54) is 4.90 Å². The zero-order valence-electron chi connectivity index (χ0n) is 26.3. The Morgan fingerprint density at radius 1 is 1.05 bits per heavy atom. The predicted molar refractivity (Wildman–Crippen MR) is 163 cm³/mol. The van der Waals surface area contributed by atoms with Gasteiger partial charge in [-0.15, -0.1) is 0 Å². The maximum absolute atomic E-state index is 14.6. The first-order valence-electron chi connectivity index (χ1n) is 15.8. The summed E-state index contributed by atoms with van der Waals surface area (Å²) in [7, 11) is 1.71. The van der Waals surface area contributed by atoms with E-state index in [9.17, 15) is 24.3 Å². The molecule has 1 spiro atoms. The van der Waals surface area contributed by atoms with Gasteiger partial charge in [0.05, 0.1) is 30.7 Å². The summed E-state index contributed by atoms with van der Waals surface area (Å²) in [5, 5.41) is 10.2. The van der Waals surface area contributed by atoms with Crippen molar-refractivity contribution in [3.63, 3.8) is 0 Å². The topological polar surface area (TPSA) is 117 Å². The predicted octanol–water partition coefficient (Wildman–Crippen LogP) is 3.02. The van der Waals surface area contributed by atoms with E-state index < -0.39 is 59.6 Å². The third kappa shape index (κ3) is 5.36. The molecule has 2 fully saturated rings. The second-order valence-corrected chi connectivity index (χ2v) is 12.6. The number of benzene rings is 1. The van der Waals surface area contributed by atoms with Gasteiger partial charge in [0.1, 0.15) is 23.7 Å². The number of likely N-dealkylation sites (N-methyl/N-ethyl adjacent to an activating group) is 1. The van der Waals surface area contributed by atoms with Gasteiger partial charge < -0.3 is 29.3 Å². The van der Waals surface area contributed by atoms with Gasteiger partial charge in [-0.2, -0.15) is 0 Å². The second-order valence-electron chi connectivity index (χ2n) is 12.6. The van der Waals surface area contributed by atoms with Gasteiger partial charge in [0.25, 0.3) is 0 Å². The number of carbonyl (C=O) groups excluding carboxylic acids is 4. The Labute approximate surface area is 259 Å². The number of aliphatic hydroxyl groups excluding tert-OH is 1. The molecule has 4 aliphatic heterocycles. The fourth-order valence-corrected chi connectivity index (χ4v) is 7.35. The van der Waals surface area contributed by atoms with Crippen molar-refractivity contribution in [1.82, 2.24) is 14.7 Å². The number of likely N-dealkylation sites (tertiary alicyclic amines) is 1. The number of cyclic esters (lactones) is 1. The lowest BCUT2D eigenvalue weighted by Gasteiger charge is -2.39. The Morgan fingerprint density at radius 3 is 2.45 bits per heavy atom. The molecule has 5 rings (SSSR count). The van der Waals surface area contributed by atoms with Crippen molar-refractivity contribution in [3.8, 4) is 0 Å². The van der Waals surface area contributed by atoms with Crippen LogP contribution >= 0.6 is 0 Å². The first-order chi connectivity index (χ1) is 21.1. The summed E-state index contributed by atoms with van der Waals surface area (Å²) in [6, 6.07) is 6.89. The van der Waals surface area contributed by atoms with E-state index in [4.69, 9.17) is 9.47 Å². The smallest absolute Gasteiger partial charge is 0.313 e. The van der Waals surface area contributed by atoms with E-state index in [0.29, 0.717) is 13.0 Å². The minimum absolute atomic E-state index is 0.0938. The van der Waals surface area contributed by atoms with Gasteiger partial charge in [0, 0.05) is 26.1 Å². The standard InChI is InChI=1S/C34H45N3O7/c1-6-13-21(2)36-19-12-8-11-16-26(39)35(5)23(4)29(24-14-9-7-10-15-24)43-33(42)27-25-17-18-34(44-25)28(27)31(40)37(22(3)20-38)30(34)32(36)41/h7-10,12,14-15,17-18,21-23,25,27-30,38H,6,11,13,16,19-20H2,1-5H3/b12-8-/t21?,22-,23-,25+,27-,28-,29+,30+,34-/m1/s1. The lowest BCUT2D eigenvalue weighted by atomic mass is 9.74. The van der Waals surface area contributed by atoms with E-state index in [-0.39, 0.29) is 30.9 Å². The number of ether oxygens (including phenoxy) is 2. The fourth-order valence-electron chi connectivity index (χ4n) is 7.35. The van der Waals surface area contributed by atoms with Gasteiger partial charge in [-0.25, -0.2) is 0 Å². The number of allylic oxidation sites excluding steroid dienone is 1. The molecule has 4 heterocycles. The van der Waals surface area contributed by atoms with E-state index in [0.717, 1.165) is 18.4 Å². The molecule has 0 aliphatic carbocycles. The molecular weight excluding hydrogens is 562 g/mol. The summed E-state index contributed by atoms with van der Waals surface area (Å²) >= 11 is 0. The van der Waals surface area contributed by atoms with Crippen molar-refractivity contribution < 1.29 is 33.8 Å². The van der Waals surface area contributed by atoms with Crippen molar-refractivity contribution >= 4 is 23.7 Å². The Hall–Kier alpha value is -3.50. The lowest BCUT2D eigenvalue weighted by Crippen LogP contribution is -2.59. The van der Waals surface area contributed by atoms with Crippen LogP contribution in [-0.2, 0) is 28.7 Å². The van der Waals surface area contributed by atoms with Gasteiger partial charge >= 0.3 is 5.97 Å². The zero-order valence-corrected chi connectivity index (χ0v) is 26.3. The average Bonchev–Trinajstić information content (AvgIpc) is 3.67. The Kier molecular flexibility index (Phi) is 9.32. The minimum atomic E-state index is -1.37. The molecule has 2 saturated heterocycles. The summed E-state index contributed by atoms with van der Waals surface area (Å²) in [5.74, 6) is -3.39. The molecule has 0 aromatic heterocycles. The van der Waals surface area contributed by atoms with E-state index in [1.807, 2.05) is 56.3 Å². The number of esters is 1. The van der Waals surface area contributed by atoms with E-state index in [2.05, 4.69) is 6.92 Å². The van der Waals surface area contributed by atoms with Crippen LogP contribution in [0.3, 0.4) is 0 Å². The first-order valence-corrected chi connectivity index (χ1v) is 15.8. The molecule has 3 amide bonds. The number of hydrogen-bond donors (Lipinski definition) is 1. The van der Waals surface area contributed by atoms with Gasteiger partial charge in [-0.05, 0) is 39.2 Å². The number of fused-ring (bicyclic) bond motifs is 2. The summed E-state index contributed by atoms with van der Waals surface area (Å²) in [4.78, 5) is 61.1. The van der Waals surface area contributed by atoms with E-state index >= 15 is 0 Å². The van der Waals surface area contributed by atoms with Crippen LogP contribution in [0.2, 0.25) is 0 Å². The Bertz CT molecular complexity index is 1310. The molecule has 0 saturated carbocycles. The van der Waals surface area contributed by atoms with Crippen molar-refractivity contribution in [3.05, 3.63) is 60.2 Å². The van der Waals surface area contributed by atoms with Gasteiger partial charge in [0.2, 0.25) is 17.7 Å². The quantitative estimate of drug-likeness (QED) is 0.390. The fraction of sp³-hybridized carbons (Fsp3) is 0.588. The van der Waals surface area contributed by atoms with Crippen LogP contribution in [0.5, 0.6) is 0 Å². The summed E-state index contributed by atoms with van der Waals surface area (Å²) < 4.78 is 12.7. The van der Waals surface area contributed by atoms with E-state index in [1.54, 1.807) is 35.9 Å². The molecule has 1 aromatic carbocycles. The zero-order chi connectivity index (χ0) is 31.8. The van der Waals surface area contributed by atoms with Gasteiger partial charge in [-0.1, -0.05) is 68.0 Å². The molecular formula is C34H45N3O7.